The van der Waals surface area contributed by atoms with E-state index < -0.39 is 177 Å². The van der Waals surface area contributed by atoms with Crippen molar-refractivity contribution in [1.82, 2.24) is 36.4 Å². The van der Waals surface area contributed by atoms with Crippen molar-refractivity contribution < 1.29 is 128 Å². The van der Waals surface area contributed by atoms with Crippen LogP contribution in [0.25, 0.3) is 0 Å². The van der Waals surface area contributed by atoms with Gasteiger partial charge in [0.15, 0.2) is 11.5 Å². The SMILES string of the molecule is CCCCCCCCCCCCCCCC(=O)N[C@H]1C[C@@H](O)CNC(=O)[C@@H]2[C@@H](O)[C@@H](C)CN2C(=O)[C@H]([C@H](O)CCCC(CO)CO)NC(=O)[C@H]([C@H](O)Cc2ccc(O)c(OSOO[O-])c2)NC(=O)[C@@H]2C[C@@H](O)CN2C(=O)[C@H]([C@@H](C)O)NC1=O.[Na+]. The van der Waals surface area contributed by atoms with Crippen LogP contribution in [0.4, 0.5) is 0 Å². The van der Waals surface area contributed by atoms with E-state index in [1.54, 1.807) is 0 Å². The Morgan fingerprint density at radius 1 is 0.738 bits per heavy atom. The summed E-state index contributed by atoms with van der Waals surface area (Å²) in [6.07, 6.45) is 2.11. The number of fused-ring (bicyclic) bond motifs is 2. The van der Waals surface area contributed by atoms with Gasteiger partial charge in [-0.1, -0.05) is 103 Å². The van der Waals surface area contributed by atoms with Crippen LogP contribution in [0, 0.1) is 11.8 Å². The van der Waals surface area contributed by atoms with Gasteiger partial charge in [-0.3, -0.25) is 38.6 Å². The first-order valence-corrected chi connectivity index (χ1v) is 29.8. The molecule has 3 heterocycles. The molecule has 4 rings (SSSR count). The van der Waals surface area contributed by atoms with Crippen molar-refractivity contribution in [2.75, 3.05) is 32.8 Å². The van der Waals surface area contributed by atoms with Gasteiger partial charge >= 0.3 is 29.6 Å². The van der Waals surface area contributed by atoms with Gasteiger partial charge in [0, 0.05) is 70.4 Å². The van der Waals surface area contributed by atoms with Crippen LogP contribution in [-0.4, -0.2) is 203 Å². The van der Waals surface area contributed by atoms with Crippen LogP contribution < -0.4 is 65.6 Å². The number of carbonyl (C=O) groups excluding carboxylic acids is 7. The van der Waals surface area contributed by atoms with Gasteiger partial charge in [0.25, 0.3) is 12.3 Å². The zero-order chi connectivity index (χ0) is 61.2. The number of aliphatic hydroxyl groups excluding tert-OH is 8. The fraction of sp³-hybridized carbons (Fsp3) is 0.764. The maximum atomic E-state index is 14.9. The molecule has 3 fully saturated rings. The molecule has 7 amide bonds. The molecule has 29 heteroatoms. The Kier molecular flexibility index (Phi) is 34.5. The van der Waals surface area contributed by atoms with Crippen molar-refractivity contribution in [3.05, 3.63) is 23.8 Å². The third-order valence-corrected chi connectivity index (χ3v) is 15.9. The maximum Gasteiger partial charge on any atom is 1.00 e. The van der Waals surface area contributed by atoms with E-state index in [9.17, 15) is 84.8 Å². The van der Waals surface area contributed by atoms with E-state index in [2.05, 4.69) is 42.9 Å². The Balaban J connectivity index is 0.0000185. The molecule has 3 aliphatic rings. The molecule has 0 unspecified atom stereocenters. The van der Waals surface area contributed by atoms with E-state index in [0.29, 0.717) is 6.42 Å². The largest absolute Gasteiger partial charge is 1.00 e. The van der Waals surface area contributed by atoms with E-state index in [4.69, 9.17) is 4.18 Å². The predicted molar refractivity (Wildman–Crippen MR) is 296 cm³/mol. The molecule has 27 nitrogen and oxygen atoms in total. The summed E-state index contributed by atoms with van der Waals surface area (Å²) in [7, 11) is 0. The predicted octanol–water partition coefficient (Wildman–Crippen LogP) is -4.55. The molecule has 0 radical (unpaired) electrons. The Morgan fingerprint density at radius 2 is 1.33 bits per heavy atom. The number of phenols is 1. The standard InChI is InChI=1S/C55H91N7O20S.Na/c1-4-5-6-7-8-9-10-11-12-13-14-15-16-20-44(71)57-38-25-36(66)27-56-53(76)48-49(72)32(2)28-62(48)55(78)47(41(69)19-17-18-35(30-63)31-64)60-52(75)46(42(70)23-34-21-22-40(68)43(24-34)80-83-82-81-79)59-51(74)39-26-37(67)29-61(39)54(77)45(33(3)65)58-50(38)73;/h21-22,24,32-33,35-39,41-42,45-49,63-70,72,79H,4-20,23,25-31H2,1-3H3,(H,56,76)(H,57,71)(H,58,73)(H,59,74)(H,60,75);/q;+1/p-1/t32-,33+,36+,37+,38-,39-,41+,42+,45-,46-,47-,48-,49-;/m0./s1. The van der Waals surface area contributed by atoms with Crippen LogP contribution in [0.3, 0.4) is 0 Å². The molecule has 3 aliphatic heterocycles. The third-order valence-electron chi connectivity index (χ3n) is 15.6. The molecular weight excluding hydrogens is 1130 g/mol. The summed E-state index contributed by atoms with van der Waals surface area (Å²) in [6.45, 7) is 2.55. The van der Waals surface area contributed by atoms with E-state index in [1.165, 1.54) is 57.9 Å². The maximum absolute atomic E-state index is 14.9. The van der Waals surface area contributed by atoms with E-state index in [0.717, 1.165) is 61.0 Å². The monoisotopic (exact) mass is 1220 g/mol. The smallest absolute Gasteiger partial charge is 0.691 e. The first kappa shape index (κ1) is 74.3. The van der Waals surface area contributed by atoms with Crippen LogP contribution in [0.15, 0.2) is 18.2 Å². The van der Waals surface area contributed by atoms with Crippen LogP contribution >= 0.6 is 12.3 Å². The van der Waals surface area contributed by atoms with Gasteiger partial charge < -0.3 is 91.8 Å². The van der Waals surface area contributed by atoms with E-state index >= 15 is 0 Å². The molecule has 0 aliphatic carbocycles. The number of aromatic hydroxyl groups is 1. The van der Waals surface area contributed by atoms with Crippen LogP contribution in [0.1, 0.15) is 148 Å². The minimum atomic E-state index is -2.12. The topological polar surface area (TPSA) is 419 Å². The number of phenolic OH excluding ortho intramolecular Hbond substituents is 1. The van der Waals surface area contributed by atoms with Gasteiger partial charge in [0.05, 0.1) is 36.6 Å². The molecule has 0 bridgehead atoms. The molecule has 14 N–H and O–H groups in total. The Labute approximate surface area is 517 Å². The molecular formula is C55H90N7NaO20S. The third kappa shape index (κ3) is 23.6. The summed E-state index contributed by atoms with van der Waals surface area (Å²) in [5, 5.41) is 124. The number of hydrogen-bond acceptors (Lipinski definition) is 21. The van der Waals surface area contributed by atoms with Gasteiger partial charge in [0.1, 0.15) is 36.3 Å². The second-order valence-electron chi connectivity index (χ2n) is 22.3. The Morgan fingerprint density at radius 3 is 1.94 bits per heavy atom. The van der Waals surface area contributed by atoms with Gasteiger partial charge in [0.2, 0.25) is 41.4 Å². The average Bonchev–Trinajstić information content (AvgIpc) is 3.19. The molecule has 0 spiro atoms. The van der Waals surface area contributed by atoms with Crippen molar-refractivity contribution >= 4 is 53.7 Å². The zero-order valence-electron chi connectivity index (χ0n) is 48.8. The normalized spacial score (nSPS) is 26.0. The quantitative estimate of drug-likeness (QED) is 0.0113. The fourth-order valence-corrected chi connectivity index (χ4v) is 10.9. The van der Waals surface area contributed by atoms with Gasteiger partial charge in [-0.15, -0.1) is 4.33 Å². The zero-order valence-corrected chi connectivity index (χ0v) is 51.6. The Bertz CT molecular complexity index is 2210. The molecule has 84 heavy (non-hydrogen) atoms. The summed E-state index contributed by atoms with van der Waals surface area (Å²) >= 11 is 0.0194. The second-order valence-corrected chi connectivity index (χ2v) is 22.8. The molecule has 0 aromatic heterocycles. The van der Waals surface area contributed by atoms with E-state index in [-0.39, 0.29) is 85.4 Å². The Hall–Kier alpha value is -3.98. The van der Waals surface area contributed by atoms with Gasteiger partial charge in [-0.05, 0) is 43.9 Å². The minimum absolute atomic E-state index is 0. The summed E-state index contributed by atoms with van der Waals surface area (Å²) in [6, 6.07) is -7.40. The molecule has 0 saturated carbocycles. The number of amides is 7. The fourth-order valence-electron chi connectivity index (χ4n) is 10.7. The second kappa shape index (κ2) is 39.0. The summed E-state index contributed by atoms with van der Waals surface area (Å²) in [5.74, 6) is -9.58. The number of nitrogens with one attached hydrogen (secondary N) is 5. The number of carbonyl (C=O) groups is 7. The van der Waals surface area contributed by atoms with Crippen molar-refractivity contribution in [3.8, 4) is 11.5 Å². The number of aliphatic hydroxyl groups is 8. The summed E-state index contributed by atoms with van der Waals surface area (Å²) < 4.78 is 9.20. The number of β-amino-alcohol motifs (C(OH)–C–C–N with tert-alkyl or cyclic N) is 1. The van der Waals surface area contributed by atoms with Crippen LogP contribution in [0.5, 0.6) is 11.5 Å². The number of unbranched alkanes of at least 4 members (excludes halogenated alkanes) is 12. The van der Waals surface area contributed by atoms with Crippen molar-refractivity contribution in [2.24, 2.45) is 11.8 Å². The van der Waals surface area contributed by atoms with Gasteiger partial charge in [-0.2, -0.15) is 0 Å². The number of benzene rings is 1. The molecule has 13 atom stereocenters. The summed E-state index contributed by atoms with van der Waals surface area (Å²) in [4.78, 5) is 102. The number of nitrogens with zero attached hydrogens (tertiary/aromatic N) is 2. The first-order valence-electron chi connectivity index (χ1n) is 29.2. The first-order chi connectivity index (χ1) is 39.6. The minimum Gasteiger partial charge on any atom is -0.691 e. The van der Waals surface area contributed by atoms with E-state index in [1.807, 2.05) is 0 Å². The molecule has 3 saturated heterocycles. The molecule has 472 valence electrons. The number of hydrogen-bond donors (Lipinski definition) is 14. The molecule has 1 aromatic rings. The molecule has 1 aromatic carbocycles. The van der Waals surface area contributed by atoms with Crippen molar-refractivity contribution in [1.29, 1.82) is 0 Å². The van der Waals surface area contributed by atoms with Crippen molar-refractivity contribution in [2.45, 2.75) is 222 Å². The number of rotatable bonds is 30. The average molecular weight is 1220 g/mol. The van der Waals surface area contributed by atoms with Gasteiger partial charge in [-0.25, -0.2) is 0 Å². The van der Waals surface area contributed by atoms with Crippen molar-refractivity contribution in [3.63, 3.8) is 0 Å². The van der Waals surface area contributed by atoms with Crippen LogP contribution in [-0.2, 0) is 49.4 Å². The van der Waals surface area contributed by atoms with Crippen LogP contribution in [0.2, 0.25) is 0 Å². The summed E-state index contributed by atoms with van der Waals surface area (Å²) in [5.41, 5.74) is 0.116.